The van der Waals surface area contributed by atoms with Gasteiger partial charge >= 0.3 is 0 Å². The molecule has 3 aromatic carbocycles. The number of rotatable bonds is 7. The molecule has 2 aromatic heterocycles. The van der Waals surface area contributed by atoms with E-state index in [0.29, 0.717) is 29.4 Å². The highest BCUT2D eigenvalue weighted by Crippen LogP contribution is 2.27. The Bertz CT molecular complexity index is 1590. The fraction of sp³-hybridized carbons (Fsp3) is 0.148. The molecular formula is C27H23ClN4O3. The van der Waals surface area contributed by atoms with Gasteiger partial charge in [-0.1, -0.05) is 54.1 Å². The number of hydrogen-bond acceptors (Lipinski definition) is 4. The van der Waals surface area contributed by atoms with Crippen molar-refractivity contribution in [2.24, 2.45) is 0 Å². The van der Waals surface area contributed by atoms with Crippen molar-refractivity contribution in [2.45, 2.75) is 19.6 Å². The average molecular weight is 487 g/mol. The third-order valence-corrected chi connectivity index (χ3v) is 6.20. The van der Waals surface area contributed by atoms with E-state index in [9.17, 15) is 9.59 Å². The van der Waals surface area contributed by atoms with Crippen LogP contribution in [-0.2, 0) is 24.4 Å². The Morgan fingerprint density at radius 1 is 1.00 bits per heavy atom. The van der Waals surface area contributed by atoms with Gasteiger partial charge in [0, 0.05) is 34.4 Å². The van der Waals surface area contributed by atoms with E-state index in [4.69, 9.17) is 16.3 Å². The quantitative estimate of drug-likeness (QED) is 0.370. The van der Waals surface area contributed by atoms with Crippen LogP contribution in [0.2, 0.25) is 5.02 Å². The standard InChI is InChI=1S/C27H23ClN4O3/c1-35-21-6-4-5-19(13-21)14-29-25(33)17-32-27(34)26-23(15-30-32)22-7-2-3-8-24(22)31(26)16-18-9-11-20(28)12-10-18/h2-13,15H,14,16-17H2,1H3,(H,29,33). The highest BCUT2D eigenvalue weighted by Gasteiger charge is 2.17. The lowest BCUT2D eigenvalue weighted by atomic mass is 10.2. The fourth-order valence-electron chi connectivity index (χ4n) is 4.22. The van der Waals surface area contributed by atoms with Crippen molar-refractivity contribution in [3.05, 3.63) is 105 Å². The maximum absolute atomic E-state index is 13.5. The van der Waals surface area contributed by atoms with E-state index in [1.54, 1.807) is 13.3 Å². The molecule has 0 bridgehead atoms. The van der Waals surface area contributed by atoms with Crippen LogP contribution in [0.25, 0.3) is 21.8 Å². The van der Waals surface area contributed by atoms with Crippen molar-refractivity contribution in [1.29, 1.82) is 0 Å². The van der Waals surface area contributed by atoms with E-state index in [2.05, 4.69) is 10.4 Å². The Balaban J connectivity index is 1.46. The van der Waals surface area contributed by atoms with Crippen molar-refractivity contribution in [2.75, 3.05) is 7.11 Å². The van der Waals surface area contributed by atoms with Gasteiger partial charge in [-0.3, -0.25) is 9.59 Å². The van der Waals surface area contributed by atoms with E-state index in [-0.39, 0.29) is 18.0 Å². The molecule has 5 aromatic rings. The first-order chi connectivity index (χ1) is 17.0. The number of methoxy groups -OCH3 is 1. The first-order valence-electron chi connectivity index (χ1n) is 11.1. The van der Waals surface area contributed by atoms with Crippen LogP contribution in [0.1, 0.15) is 11.1 Å². The third kappa shape index (κ3) is 4.63. The van der Waals surface area contributed by atoms with Gasteiger partial charge in [0.1, 0.15) is 17.8 Å². The van der Waals surface area contributed by atoms with Crippen LogP contribution < -0.4 is 15.6 Å². The van der Waals surface area contributed by atoms with Gasteiger partial charge in [-0.25, -0.2) is 4.68 Å². The molecule has 0 spiro atoms. The molecule has 0 saturated heterocycles. The Kier molecular flexibility index (Phi) is 6.25. The number of amides is 1. The maximum atomic E-state index is 13.5. The van der Waals surface area contributed by atoms with Crippen LogP contribution in [0.5, 0.6) is 5.75 Å². The molecule has 5 rings (SSSR count). The minimum absolute atomic E-state index is 0.179. The van der Waals surface area contributed by atoms with Crippen molar-refractivity contribution in [1.82, 2.24) is 19.7 Å². The largest absolute Gasteiger partial charge is 0.497 e. The van der Waals surface area contributed by atoms with Crippen molar-refractivity contribution in [3.63, 3.8) is 0 Å². The molecule has 2 heterocycles. The van der Waals surface area contributed by atoms with E-state index in [1.807, 2.05) is 77.4 Å². The summed E-state index contributed by atoms with van der Waals surface area (Å²) >= 11 is 6.05. The van der Waals surface area contributed by atoms with E-state index < -0.39 is 0 Å². The highest BCUT2D eigenvalue weighted by molar-refractivity contribution is 6.30. The monoisotopic (exact) mass is 486 g/mol. The number of hydrogen-bond donors (Lipinski definition) is 1. The smallest absolute Gasteiger partial charge is 0.291 e. The molecule has 0 radical (unpaired) electrons. The Morgan fingerprint density at radius 3 is 2.60 bits per heavy atom. The zero-order valence-corrected chi connectivity index (χ0v) is 19.8. The first kappa shape index (κ1) is 22.7. The number of nitrogens with one attached hydrogen (secondary N) is 1. The molecule has 176 valence electrons. The van der Waals surface area contributed by atoms with Crippen molar-refractivity contribution < 1.29 is 9.53 Å². The SMILES string of the molecule is COc1cccc(CNC(=O)Cn2ncc3c4ccccc4n(Cc4ccc(Cl)cc4)c3c2=O)c1. The summed E-state index contributed by atoms with van der Waals surface area (Å²) in [6.07, 6.45) is 1.66. The Labute approximate surface area is 206 Å². The highest BCUT2D eigenvalue weighted by atomic mass is 35.5. The molecule has 0 aliphatic rings. The lowest BCUT2D eigenvalue weighted by molar-refractivity contribution is -0.122. The number of carbonyl (C=O) groups is 1. The first-order valence-corrected chi connectivity index (χ1v) is 11.5. The summed E-state index contributed by atoms with van der Waals surface area (Å²) in [6.45, 7) is 0.632. The molecule has 0 saturated carbocycles. The lowest BCUT2D eigenvalue weighted by Crippen LogP contribution is -2.33. The summed E-state index contributed by atoms with van der Waals surface area (Å²) in [7, 11) is 1.60. The molecule has 1 N–H and O–H groups in total. The normalized spacial score (nSPS) is 11.1. The van der Waals surface area contributed by atoms with Crippen LogP contribution >= 0.6 is 11.6 Å². The van der Waals surface area contributed by atoms with Crippen LogP contribution in [-0.4, -0.2) is 27.4 Å². The summed E-state index contributed by atoms with van der Waals surface area (Å²) in [5.74, 6) is 0.413. The Morgan fingerprint density at radius 2 is 1.80 bits per heavy atom. The van der Waals surface area contributed by atoms with Crippen LogP contribution in [0.3, 0.4) is 0 Å². The van der Waals surface area contributed by atoms with Gasteiger partial charge < -0.3 is 14.6 Å². The number of aromatic nitrogens is 3. The fourth-order valence-corrected chi connectivity index (χ4v) is 4.34. The molecular weight excluding hydrogens is 464 g/mol. The number of fused-ring (bicyclic) bond motifs is 3. The Hall–Kier alpha value is -4.10. The summed E-state index contributed by atoms with van der Waals surface area (Å²) in [5, 5.41) is 9.50. The van der Waals surface area contributed by atoms with Crippen molar-refractivity contribution in [3.8, 4) is 5.75 Å². The second-order valence-corrected chi connectivity index (χ2v) is 8.66. The predicted molar refractivity (Wildman–Crippen MR) is 137 cm³/mol. The van der Waals surface area contributed by atoms with Crippen LogP contribution in [0.4, 0.5) is 0 Å². The second kappa shape index (κ2) is 9.64. The van der Waals surface area contributed by atoms with Gasteiger partial charge in [0.05, 0.1) is 13.3 Å². The molecule has 35 heavy (non-hydrogen) atoms. The van der Waals surface area contributed by atoms with Gasteiger partial charge in [-0.15, -0.1) is 0 Å². The zero-order chi connectivity index (χ0) is 24.4. The summed E-state index contributed by atoms with van der Waals surface area (Å²) in [6, 6.07) is 22.8. The summed E-state index contributed by atoms with van der Waals surface area (Å²) in [5.41, 5.74) is 3.03. The minimum atomic E-state index is -0.316. The van der Waals surface area contributed by atoms with Crippen LogP contribution in [0.15, 0.2) is 83.8 Å². The molecule has 1 amide bonds. The number of nitrogens with zero attached hydrogens (tertiary/aromatic N) is 3. The number of ether oxygens (including phenoxy) is 1. The molecule has 0 fully saturated rings. The molecule has 0 aliphatic carbocycles. The number of halogens is 1. The molecule has 8 heteroatoms. The van der Waals surface area contributed by atoms with E-state index in [0.717, 1.165) is 27.4 Å². The summed E-state index contributed by atoms with van der Waals surface area (Å²) in [4.78, 5) is 26.2. The minimum Gasteiger partial charge on any atom is -0.497 e. The summed E-state index contributed by atoms with van der Waals surface area (Å²) < 4.78 is 8.40. The van der Waals surface area contributed by atoms with Crippen LogP contribution in [0, 0.1) is 0 Å². The zero-order valence-electron chi connectivity index (χ0n) is 19.1. The number of benzene rings is 3. The maximum Gasteiger partial charge on any atom is 0.291 e. The third-order valence-electron chi connectivity index (χ3n) is 5.94. The number of carbonyl (C=O) groups excluding carboxylic acids is 1. The van der Waals surface area contributed by atoms with Gasteiger partial charge in [0.25, 0.3) is 5.56 Å². The molecule has 0 unspecified atom stereocenters. The second-order valence-electron chi connectivity index (χ2n) is 8.23. The van der Waals surface area contributed by atoms with Gasteiger partial charge in [0.2, 0.25) is 5.91 Å². The molecule has 0 aliphatic heterocycles. The van der Waals surface area contributed by atoms with E-state index >= 15 is 0 Å². The lowest BCUT2D eigenvalue weighted by Gasteiger charge is -2.10. The molecule has 0 atom stereocenters. The van der Waals surface area contributed by atoms with E-state index in [1.165, 1.54) is 4.68 Å². The number of para-hydroxylation sites is 1. The van der Waals surface area contributed by atoms with Gasteiger partial charge in [-0.05, 0) is 41.5 Å². The average Bonchev–Trinajstić information content (AvgIpc) is 3.20. The van der Waals surface area contributed by atoms with Gasteiger partial charge in [-0.2, -0.15) is 5.10 Å². The topological polar surface area (TPSA) is 78.2 Å². The predicted octanol–water partition coefficient (Wildman–Crippen LogP) is 4.38. The molecule has 7 nitrogen and oxygen atoms in total. The van der Waals surface area contributed by atoms with Gasteiger partial charge in [0.15, 0.2) is 0 Å². The van der Waals surface area contributed by atoms with Crippen molar-refractivity contribution >= 4 is 39.3 Å².